The van der Waals surface area contributed by atoms with Gasteiger partial charge in [-0.15, -0.1) is 0 Å². The molecule has 32 heavy (non-hydrogen) atoms. The molecule has 0 bridgehead atoms. The van der Waals surface area contributed by atoms with Gasteiger partial charge in [0.15, 0.2) is 5.78 Å². The van der Waals surface area contributed by atoms with Crippen molar-refractivity contribution in [3.8, 4) is 0 Å². The van der Waals surface area contributed by atoms with Crippen molar-refractivity contribution in [1.82, 2.24) is 0 Å². The van der Waals surface area contributed by atoms with Crippen LogP contribution in [0.5, 0.6) is 0 Å². The standard InChI is InChI=1S/C27H23ClN2O2/c1-17(31)30-24-10-6-5-9-22(24)29-23-15-20(18-11-13-21(28)14-12-18)16-25(32)26(23)27(30)19-7-3-2-4-8-19/h2-14,20,27,29H,15-16H2,1H3/t20-,27-/m1/s1. The highest BCUT2D eigenvalue weighted by Crippen LogP contribution is 2.47. The van der Waals surface area contributed by atoms with E-state index >= 15 is 0 Å². The van der Waals surface area contributed by atoms with E-state index in [1.165, 1.54) is 0 Å². The van der Waals surface area contributed by atoms with Gasteiger partial charge in [0.1, 0.15) is 0 Å². The number of halogens is 1. The first-order chi connectivity index (χ1) is 15.5. The number of anilines is 2. The second kappa shape index (κ2) is 8.29. The molecule has 4 nitrogen and oxygen atoms in total. The van der Waals surface area contributed by atoms with E-state index in [9.17, 15) is 9.59 Å². The molecule has 1 heterocycles. The van der Waals surface area contributed by atoms with Gasteiger partial charge in [0.2, 0.25) is 5.91 Å². The Bertz CT molecular complexity index is 1220. The molecule has 1 N–H and O–H groups in total. The number of nitrogens with zero attached hydrogens (tertiary/aromatic N) is 1. The maximum absolute atomic E-state index is 13.7. The molecular formula is C27H23ClN2O2. The zero-order chi connectivity index (χ0) is 22.2. The third-order valence-corrected chi connectivity index (χ3v) is 6.54. The van der Waals surface area contributed by atoms with Crippen LogP contribution in [0.3, 0.4) is 0 Å². The van der Waals surface area contributed by atoms with Crippen LogP contribution in [0.4, 0.5) is 11.4 Å². The maximum Gasteiger partial charge on any atom is 0.224 e. The van der Waals surface area contributed by atoms with Crippen molar-refractivity contribution in [2.45, 2.75) is 31.7 Å². The number of nitrogens with one attached hydrogen (secondary N) is 1. The van der Waals surface area contributed by atoms with Crippen molar-refractivity contribution in [2.75, 3.05) is 10.2 Å². The van der Waals surface area contributed by atoms with Gasteiger partial charge in [0, 0.05) is 29.6 Å². The molecule has 160 valence electrons. The second-order valence-corrected chi connectivity index (χ2v) is 8.75. The summed E-state index contributed by atoms with van der Waals surface area (Å²) in [6, 6.07) is 24.8. The lowest BCUT2D eigenvalue weighted by atomic mass is 9.78. The van der Waals surface area contributed by atoms with Crippen molar-refractivity contribution in [3.05, 3.63) is 106 Å². The quantitative estimate of drug-likeness (QED) is 0.509. The van der Waals surface area contributed by atoms with E-state index in [1.807, 2.05) is 78.9 Å². The number of Topliss-reactive ketones (excluding diaryl/α,β-unsaturated/α-hetero) is 1. The summed E-state index contributed by atoms with van der Waals surface area (Å²) < 4.78 is 0. The Kier molecular flexibility index (Phi) is 5.32. The van der Waals surface area contributed by atoms with Gasteiger partial charge < -0.3 is 5.32 Å². The lowest BCUT2D eigenvalue weighted by Crippen LogP contribution is -2.37. The lowest BCUT2D eigenvalue weighted by molar-refractivity contribution is -0.117. The van der Waals surface area contributed by atoms with E-state index in [-0.39, 0.29) is 17.6 Å². The Labute approximate surface area is 192 Å². The van der Waals surface area contributed by atoms with Gasteiger partial charge in [-0.2, -0.15) is 0 Å². The summed E-state index contributed by atoms with van der Waals surface area (Å²) in [5.41, 5.74) is 5.18. The summed E-state index contributed by atoms with van der Waals surface area (Å²) >= 11 is 6.07. The molecule has 0 spiro atoms. The van der Waals surface area contributed by atoms with Gasteiger partial charge in [0.25, 0.3) is 0 Å². The number of fused-ring (bicyclic) bond motifs is 1. The second-order valence-electron chi connectivity index (χ2n) is 8.32. The Morgan fingerprint density at radius 2 is 1.59 bits per heavy atom. The average molecular weight is 443 g/mol. The molecule has 5 rings (SSSR count). The van der Waals surface area contributed by atoms with Crippen LogP contribution in [0.2, 0.25) is 5.02 Å². The third kappa shape index (κ3) is 3.61. The average Bonchev–Trinajstić information content (AvgIpc) is 2.94. The molecule has 2 atom stereocenters. The molecular weight excluding hydrogens is 420 g/mol. The maximum atomic E-state index is 13.7. The van der Waals surface area contributed by atoms with Gasteiger partial charge in [0.05, 0.1) is 17.4 Å². The predicted molar refractivity (Wildman–Crippen MR) is 128 cm³/mol. The number of para-hydroxylation sites is 2. The van der Waals surface area contributed by atoms with Crippen LogP contribution in [0.25, 0.3) is 0 Å². The number of carbonyl (C=O) groups excluding carboxylic acids is 2. The van der Waals surface area contributed by atoms with Crippen LogP contribution in [-0.2, 0) is 9.59 Å². The van der Waals surface area contributed by atoms with Crippen molar-refractivity contribution >= 4 is 34.7 Å². The first-order valence-electron chi connectivity index (χ1n) is 10.8. The molecule has 0 radical (unpaired) electrons. The Balaban J connectivity index is 1.68. The smallest absolute Gasteiger partial charge is 0.224 e. The van der Waals surface area contributed by atoms with E-state index in [1.54, 1.807) is 11.8 Å². The highest BCUT2D eigenvalue weighted by Gasteiger charge is 2.40. The number of rotatable bonds is 2. The predicted octanol–water partition coefficient (Wildman–Crippen LogP) is 6.26. The molecule has 0 fully saturated rings. The molecule has 3 aromatic carbocycles. The van der Waals surface area contributed by atoms with E-state index in [2.05, 4.69) is 5.32 Å². The van der Waals surface area contributed by atoms with Crippen molar-refractivity contribution in [1.29, 1.82) is 0 Å². The lowest BCUT2D eigenvalue weighted by Gasteiger charge is -2.34. The number of benzene rings is 3. The summed E-state index contributed by atoms with van der Waals surface area (Å²) in [7, 11) is 0. The fourth-order valence-electron chi connectivity index (χ4n) is 4.86. The number of carbonyl (C=O) groups is 2. The molecule has 0 saturated heterocycles. The van der Waals surface area contributed by atoms with Crippen LogP contribution >= 0.6 is 11.6 Å². The van der Waals surface area contributed by atoms with Gasteiger partial charge >= 0.3 is 0 Å². The Morgan fingerprint density at radius 1 is 0.906 bits per heavy atom. The Hall–Kier alpha value is -3.37. The van der Waals surface area contributed by atoms with Crippen LogP contribution in [-0.4, -0.2) is 11.7 Å². The summed E-state index contributed by atoms with van der Waals surface area (Å²) in [4.78, 5) is 28.4. The van der Waals surface area contributed by atoms with Crippen LogP contribution in [0.1, 0.15) is 42.9 Å². The molecule has 0 aromatic heterocycles. The minimum absolute atomic E-state index is 0.0541. The molecule has 3 aromatic rings. The molecule has 5 heteroatoms. The molecule has 1 aliphatic carbocycles. The van der Waals surface area contributed by atoms with Crippen LogP contribution < -0.4 is 10.2 Å². The Morgan fingerprint density at radius 3 is 2.31 bits per heavy atom. The fraction of sp³-hybridized carbons (Fsp3) is 0.185. The SMILES string of the molecule is CC(=O)N1c2ccccc2NC2=C(C(=O)C[C@H](c3ccc(Cl)cc3)C2)[C@H]1c1ccccc1. The van der Waals surface area contributed by atoms with Crippen molar-refractivity contribution < 1.29 is 9.59 Å². The zero-order valence-electron chi connectivity index (χ0n) is 17.7. The number of ketones is 1. The van der Waals surface area contributed by atoms with Crippen molar-refractivity contribution in [2.24, 2.45) is 0 Å². The third-order valence-electron chi connectivity index (χ3n) is 6.28. The molecule has 1 amide bonds. The monoisotopic (exact) mass is 442 g/mol. The summed E-state index contributed by atoms with van der Waals surface area (Å²) in [5, 5.41) is 4.21. The largest absolute Gasteiger partial charge is 0.357 e. The molecule has 0 saturated carbocycles. The molecule has 1 aliphatic heterocycles. The minimum atomic E-state index is -0.474. The number of hydrogen-bond donors (Lipinski definition) is 1. The highest BCUT2D eigenvalue weighted by molar-refractivity contribution is 6.30. The number of allylic oxidation sites excluding steroid dienone is 1. The molecule has 0 unspecified atom stereocenters. The van der Waals surface area contributed by atoms with E-state index < -0.39 is 6.04 Å². The van der Waals surface area contributed by atoms with Gasteiger partial charge in [-0.25, -0.2) is 0 Å². The number of hydrogen-bond acceptors (Lipinski definition) is 3. The van der Waals surface area contributed by atoms with Crippen molar-refractivity contribution in [3.63, 3.8) is 0 Å². The van der Waals surface area contributed by atoms with Gasteiger partial charge in [-0.05, 0) is 47.7 Å². The molecule has 2 aliphatic rings. The van der Waals surface area contributed by atoms with E-state index in [0.717, 1.165) is 28.2 Å². The van der Waals surface area contributed by atoms with Crippen LogP contribution in [0.15, 0.2) is 90.1 Å². The topological polar surface area (TPSA) is 49.4 Å². The minimum Gasteiger partial charge on any atom is -0.357 e. The summed E-state index contributed by atoms with van der Waals surface area (Å²) in [6.45, 7) is 1.56. The fourth-order valence-corrected chi connectivity index (χ4v) is 4.99. The highest BCUT2D eigenvalue weighted by atomic mass is 35.5. The van der Waals surface area contributed by atoms with E-state index in [0.29, 0.717) is 23.4 Å². The first-order valence-corrected chi connectivity index (χ1v) is 11.1. The van der Waals surface area contributed by atoms with Crippen LogP contribution in [0, 0.1) is 0 Å². The first kappa shape index (κ1) is 20.5. The normalized spacial score (nSPS) is 20.2. The van der Waals surface area contributed by atoms with Gasteiger partial charge in [-0.3, -0.25) is 14.5 Å². The summed E-state index contributed by atoms with van der Waals surface area (Å²) in [6.07, 6.45) is 1.08. The zero-order valence-corrected chi connectivity index (χ0v) is 18.5. The summed E-state index contributed by atoms with van der Waals surface area (Å²) in [5.74, 6) is 0.0135. The van der Waals surface area contributed by atoms with E-state index in [4.69, 9.17) is 11.6 Å². The number of amides is 1. The van der Waals surface area contributed by atoms with Gasteiger partial charge in [-0.1, -0.05) is 66.2 Å².